The molecule has 0 aromatic heterocycles. The van der Waals surface area contributed by atoms with Gasteiger partial charge in [-0.2, -0.15) is 0 Å². The summed E-state index contributed by atoms with van der Waals surface area (Å²) < 4.78 is 0. The summed E-state index contributed by atoms with van der Waals surface area (Å²) in [6.45, 7) is 5.83. The molecule has 0 spiro atoms. The molecule has 0 aliphatic heterocycles. The fourth-order valence-corrected chi connectivity index (χ4v) is 0.646. The number of rotatable bonds is 2. The van der Waals surface area contributed by atoms with Crippen molar-refractivity contribution in [2.75, 3.05) is 0 Å². The first-order chi connectivity index (χ1) is 4.04. The van der Waals surface area contributed by atoms with Crippen molar-refractivity contribution in [2.24, 2.45) is 5.92 Å². The lowest BCUT2D eigenvalue weighted by atomic mass is 10.1. The van der Waals surface area contributed by atoms with Crippen LogP contribution < -0.4 is 0 Å². The van der Waals surface area contributed by atoms with Gasteiger partial charge >= 0.3 is 0 Å². The van der Waals surface area contributed by atoms with Crippen LogP contribution in [0.1, 0.15) is 20.8 Å². The van der Waals surface area contributed by atoms with Crippen LogP contribution in [0.3, 0.4) is 0 Å². The maximum atomic E-state index is 10.5. The average Bonchev–Trinajstić information content (AvgIpc) is 1.63. The third-order valence-corrected chi connectivity index (χ3v) is 1.27. The van der Waals surface area contributed by atoms with Gasteiger partial charge in [-0.1, -0.05) is 19.9 Å². The number of carbonyl (C=O) groups excluding carboxylic acids is 1. The smallest absolute Gasteiger partial charge is 0.211 e. The highest BCUT2D eigenvalue weighted by molar-refractivity contribution is 7.97. The zero-order chi connectivity index (χ0) is 7.44. The summed E-state index contributed by atoms with van der Waals surface area (Å²) in [5.41, 5.74) is 0.730. The number of allylic oxidation sites excluding steroid dienone is 1. The van der Waals surface area contributed by atoms with Gasteiger partial charge in [0.05, 0.1) is 0 Å². The predicted octanol–water partition coefficient (Wildman–Crippen LogP) is 2.05. The van der Waals surface area contributed by atoms with Gasteiger partial charge in [0.25, 0.3) is 0 Å². The van der Waals surface area contributed by atoms with Gasteiger partial charge in [0.1, 0.15) is 0 Å². The molecule has 0 saturated heterocycles. The SMILES string of the molecule is CC(=CC(C)C)C(=O)S. The lowest BCUT2D eigenvalue weighted by molar-refractivity contribution is -0.107. The number of hydrogen-bond acceptors (Lipinski definition) is 1. The molecule has 0 heterocycles. The van der Waals surface area contributed by atoms with E-state index >= 15 is 0 Å². The van der Waals surface area contributed by atoms with E-state index in [0.717, 1.165) is 5.57 Å². The second kappa shape index (κ2) is 3.72. The van der Waals surface area contributed by atoms with E-state index in [1.165, 1.54) is 0 Å². The van der Waals surface area contributed by atoms with Crippen LogP contribution in [0, 0.1) is 5.92 Å². The van der Waals surface area contributed by atoms with E-state index in [0.29, 0.717) is 5.92 Å². The van der Waals surface area contributed by atoms with Crippen LogP contribution in [0.4, 0.5) is 0 Å². The molecule has 0 radical (unpaired) electrons. The normalized spacial score (nSPS) is 12.3. The Morgan fingerprint density at radius 2 is 2.00 bits per heavy atom. The molecule has 0 amide bonds. The van der Waals surface area contributed by atoms with Gasteiger partial charge < -0.3 is 0 Å². The molecule has 1 nitrogen and oxygen atoms in total. The van der Waals surface area contributed by atoms with Gasteiger partial charge in [-0.3, -0.25) is 4.79 Å². The Morgan fingerprint density at radius 3 is 2.11 bits per heavy atom. The van der Waals surface area contributed by atoms with Gasteiger partial charge in [0.15, 0.2) is 0 Å². The van der Waals surface area contributed by atoms with Crippen molar-refractivity contribution in [3.8, 4) is 0 Å². The zero-order valence-electron chi connectivity index (χ0n) is 6.01. The number of carbonyl (C=O) groups is 1. The first-order valence-corrected chi connectivity index (χ1v) is 3.40. The van der Waals surface area contributed by atoms with Gasteiger partial charge in [0, 0.05) is 0 Å². The van der Waals surface area contributed by atoms with Crippen molar-refractivity contribution in [2.45, 2.75) is 20.8 Å². The van der Waals surface area contributed by atoms with Crippen molar-refractivity contribution in [3.05, 3.63) is 11.6 Å². The van der Waals surface area contributed by atoms with Crippen molar-refractivity contribution >= 4 is 17.7 Å². The Hall–Kier alpha value is -0.240. The highest BCUT2D eigenvalue weighted by Crippen LogP contribution is 2.03. The van der Waals surface area contributed by atoms with Gasteiger partial charge in [0.2, 0.25) is 5.12 Å². The first-order valence-electron chi connectivity index (χ1n) is 2.95. The standard InChI is InChI=1S/C7H12OS/c1-5(2)4-6(3)7(8)9/h4-5H,1-3H3,(H,8,9). The lowest BCUT2D eigenvalue weighted by Gasteiger charge is -1.95. The van der Waals surface area contributed by atoms with Crippen LogP contribution >= 0.6 is 12.6 Å². The largest absolute Gasteiger partial charge is 0.282 e. The summed E-state index contributed by atoms with van der Waals surface area (Å²) in [4.78, 5) is 10.5. The summed E-state index contributed by atoms with van der Waals surface area (Å²) in [6, 6.07) is 0. The van der Waals surface area contributed by atoms with E-state index in [1.807, 2.05) is 19.9 Å². The van der Waals surface area contributed by atoms with E-state index < -0.39 is 0 Å². The molecule has 0 saturated carbocycles. The van der Waals surface area contributed by atoms with E-state index in [-0.39, 0.29) is 5.12 Å². The van der Waals surface area contributed by atoms with E-state index in [4.69, 9.17) is 0 Å². The molecule has 0 N–H and O–H groups in total. The molecule has 0 atom stereocenters. The summed E-state index contributed by atoms with van der Waals surface area (Å²) in [7, 11) is 0. The molecule has 0 unspecified atom stereocenters. The number of thiol groups is 1. The Labute approximate surface area is 61.6 Å². The second-order valence-corrected chi connectivity index (χ2v) is 2.81. The van der Waals surface area contributed by atoms with E-state index in [1.54, 1.807) is 6.92 Å². The summed E-state index contributed by atoms with van der Waals surface area (Å²) in [5, 5.41) is -0.135. The van der Waals surface area contributed by atoms with Gasteiger partial charge in [-0.05, 0) is 18.4 Å². The minimum Gasteiger partial charge on any atom is -0.282 e. The van der Waals surface area contributed by atoms with Crippen molar-refractivity contribution < 1.29 is 4.79 Å². The maximum Gasteiger partial charge on any atom is 0.211 e. The molecule has 0 rings (SSSR count). The number of hydrogen-bond donors (Lipinski definition) is 1. The third-order valence-electron chi connectivity index (χ3n) is 0.921. The lowest BCUT2D eigenvalue weighted by Crippen LogP contribution is -1.90. The second-order valence-electron chi connectivity index (χ2n) is 2.40. The highest BCUT2D eigenvalue weighted by Gasteiger charge is 1.96. The van der Waals surface area contributed by atoms with Crippen LogP contribution in [0.15, 0.2) is 11.6 Å². The van der Waals surface area contributed by atoms with Crippen LogP contribution in [-0.4, -0.2) is 5.12 Å². The molecular formula is C7H12OS. The molecule has 52 valence electrons. The zero-order valence-corrected chi connectivity index (χ0v) is 6.90. The third kappa shape index (κ3) is 4.28. The van der Waals surface area contributed by atoms with Crippen molar-refractivity contribution in [1.29, 1.82) is 0 Å². The molecule has 0 fully saturated rings. The Morgan fingerprint density at radius 1 is 1.56 bits per heavy atom. The van der Waals surface area contributed by atoms with E-state index in [2.05, 4.69) is 12.6 Å². The van der Waals surface area contributed by atoms with Gasteiger partial charge in [-0.25, -0.2) is 0 Å². The van der Waals surface area contributed by atoms with Crippen LogP contribution in [0.5, 0.6) is 0 Å². The minimum atomic E-state index is -0.135. The topological polar surface area (TPSA) is 17.1 Å². The van der Waals surface area contributed by atoms with E-state index in [9.17, 15) is 4.79 Å². The molecule has 2 heteroatoms. The maximum absolute atomic E-state index is 10.5. The fourth-order valence-electron chi connectivity index (χ4n) is 0.571. The molecule has 0 bridgehead atoms. The Bertz CT molecular complexity index is 136. The Balaban J connectivity index is 4.00. The summed E-state index contributed by atoms with van der Waals surface area (Å²) in [6.07, 6.45) is 1.90. The molecule has 9 heavy (non-hydrogen) atoms. The summed E-state index contributed by atoms with van der Waals surface area (Å²) in [5.74, 6) is 0.432. The molecule has 0 aromatic rings. The van der Waals surface area contributed by atoms with Crippen molar-refractivity contribution in [3.63, 3.8) is 0 Å². The quantitative estimate of drug-likeness (QED) is 0.463. The predicted molar refractivity (Wildman–Crippen MR) is 42.6 cm³/mol. The fraction of sp³-hybridized carbons (Fsp3) is 0.571. The minimum absolute atomic E-state index is 0.135. The van der Waals surface area contributed by atoms with Crippen LogP contribution in [0.2, 0.25) is 0 Å². The molecule has 0 aliphatic carbocycles. The monoisotopic (exact) mass is 144 g/mol. The van der Waals surface area contributed by atoms with Crippen LogP contribution in [0.25, 0.3) is 0 Å². The van der Waals surface area contributed by atoms with Gasteiger partial charge in [-0.15, -0.1) is 12.6 Å². The molecule has 0 aromatic carbocycles. The average molecular weight is 144 g/mol. The molecule has 0 aliphatic rings. The summed E-state index contributed by atoms with van der Waals surface area (Å²) >= 11 is 3.66. The van der Waals surface area contributed by atoms with Crippen LogP contribution in [-0.2, 0) is 4.79 Å². The Kier molecular flexibility index (Phi) is 3.62. The first kappa shape index (κ1) is 8.76. The van der Waals surface area contributed by atoms with Crippen molar-refractivity contribution in [1.82, 2.24) is 0 Å². The molecular weight excluding hydrogens is 132 g/mol. The highest BCUT2D eigenvalue weighted by atomic mass is 32.1.